The number of esters is 2. The van der Waals surface area contributed by atoms with Gasteiger partial charge in [0, 0.05) is 121 Å². The molecule has 4 aromatic heterocycles. The van der Waals surface area contributed by atoms with Gasteiger partial charge in [-0.2, -0.15) is 0 Å². The lowest BCUT2D eigenvalue weighted by Crippen LogP contribution is -2.46. The number of fused-ring (bicyclic) bond motifs is 4. The van der Waals surface area contributed by atoms with Crippen molar-refractivity contribution < 1.29 is 28.5 Å². The maximum atomic E-state index is 13.0. The van der Waals surface area contributed by atoms with Crippen LogP contribution >= 0.6 is 22.7 Å². The van der Waals surface area contributed by atoms with Crippen LogP contribution in [0.15, 0.2) is 130 Å². The van der Waals surface area contributed by atoms with Gasteiger partial charge in [0.1, 0.15) is 11.5 Å². The molecular weight excluding hydrogens is 1020 g/mol. The molecule has 78 heavy (non-hydrogen) atoms. The maximum absolute atomic E-state index is 13.0. The van der Waals surface area contributed by atoms with Crippen LogP contribution in [0.2, 0.25) is 0 Å². The largest absolute Gasteiger partial charge is 0.494 e. The monoisotopic (exact) mass is 1090 g/mol. The average Bonchev–Trinajstić information content (AvgIpc) is 4.19. The molecule has 14 nitrogen and oxygen atoms in total. The highest BCUT2D eigenvalue weighted by Crippen LogP contribution is 2.33. The summed E-state index contributed by atoms with van der Waals surface area (Å²) in [6, 6.07) is 35.6. The van der Waals surface area contributed by atoms with Gasteiger partial charge >= 0.3 is 11.9 Å². The number of piperazine rings is 2. The topological polar surface area (TPSA) is 128 Å². The van der Waals surface area contributed by atoms with E-state index in [1.165, 1.54) is 52.8 Å². The molecular formula is C62H72N6O8S2. The SMILES string of the molecule is O=C(CCCCCCCCC(=O)OCn1c(=O)ccc2ccc(OCCCCN3CCN(c4cccc5sccc45)CC3)cc21)OCn1c(=O)ccc2ccc(OCCCCN3CCN(c4cccc5sccc45)CC3)cc21. The lowest BCUT2D eigenvalue weighted by molar-refractivity contribution is -0.148. The van der Waals surface area contributed by atoms with E-state index in [1.54, 1.807) is 34.8 Å². The molecule has 0 spiro atoms. The lowest BCUT2D eigenvalue weighted by atomic mass is 10.1. The van der Waals surface area contributed by atoms with Crippen molar-refractivity contribution in [2.45, 2.75) is 90.5 Å². The number of pyridine rings is 2. The number of benzene rings is 4. The summed E-state index contributed by atoms with van der Waals surface area (Å²) in [4.78, 5) is 61.5. The minimum Gasteiger partial charge on any atom is -0.494 e. The van der Waals surface area contributed by atoms with Crippen molar-refractivity contribution in [2.24, 2.45) is 0 Å². The first kappa shape index (κ1) is 54.6. The van der Waals surface area contributed by atoms with Crippen LogP contribution in [0.4, 0.5) is 11.4 Å². The molecule has 0 amide bonds. The highest BCUT2D eigenvalue weighted by molar-refractivity contribution is 7.17. The molecule has 0 bridgehead atoms. The van der Waals surface area contributed by atoms with Gasteiger partial charge < -0.3 is 28.7 Å². The van der Waals surface area contributed by atoms with E-state index < -0.39 is 0 Å². The van der Waals surface area contributed by atoms with Gasteiger partial charge in [0.15, 0.2) is 13.5 Å². The van der Waals surface area contributed by atoms with Crippen LogP contribution < -0.4 is 30.4 Å². The van der Waals surface area contributed by atoms with E-state index in [1.807, 2.05) is 36.4 Å². The fourth-order valence-electron chi connectivity index (χ4n) is 10.8. The molecule has 0 N–H and O–H groups in total. The second-order valence-electron chi connectivity index (χ2n) is 20.5. The van der Waals surface area contributed by atoms with Gasteiger partial charge in [-0.3, -0.25) is 38.1 Å². The fourth-order valence-corrected chi connectivity index (χ4v) is 12.4. The normalized spacial score (nSPS) is 14.5. The molecule has 0 saturated carbocycles. The maximum Gasteiger partial charge on any atom is 0.307 e. The number of aromatic nitrogens is 2. The van der Waals surface area contributed by atoms with Gasteiger partial charge in [0.25, 0.3) is 11.1 Å². The van der Waals surface area contributed by atoms with Gasteiger partial charge in [0.05, 0.1) is 24.2 Å². The Morgan fingerprint density at radius 3 is 1.32 bits per heavy atom. The Morgan fingerprint density at radius 1 is 0.449 bits per heavy atom. The Hall–Kier alpha value is -6.72. The predicted molar refractivity (Wildman–Crippen MR) is 316 cm³/mol. The van der Waals surface area contributed by atoms with E-state index in [9.17, 15) is 19.2 Å². The van der Waals surface area contributed by atoms with E-state index in [4.69, 9.17) is 18.9 Å². The van der Waals surface area contributed by atoms with Crippen molar-refractivity contribution in [2.75, 3.05) is 88.5 Å². The van der Waals surface area contributed by atoms with Crippen LogP contribution in [0.1, 0.15) is 77.0 Å². The highest BCUT2D eigenvalue weighted by atomic mass is 32.1. The van der Waals surface area contributed by atoms with Gasteiger partial charge in [-0.25, -0.2) is 0 Å². The molecule has 4 aromatic carbocycles. The van der Waals surface area contributed by atoms with Gasteiger partial charge in [-0.1, -0.05) is 37.8 Å². The van der Waals surface area contributed by atoms with E-state index >= 15 is 0 Å². The molecule has 0 aliphatic carbocycles. The Labute approximate surface area is 464 Å². The minimum atomic E-state index is -0.348. The summed E-state index contributed by atoms with van der Waals surface area (Å²) in [7, 11) is 0. The zero-order chi connectivity index (χ0) is 53.5. The van der Waals surface area contributed by atoms with Crippen LogP contribution in [0.25, 0.3) is 42.0 Å². The van der Waals surface area contributed by atoms with Crippen molar-refractivity contribution in [3.8, 4) is 11.5 Å². The van der Waals surface area contributed by atoms with Crippen LogP contribution in [-0.2, 0) is 32.5 Å². The first-order valence-electron chi connectivity index (χ1n) is 28.0. The van der Waals surface area contributed by atoms with Gasteiger partial charge in [0.2, 0.25) is 0 Å². The third kappa shape index (κ3) is 14.3. The number of hydrogen-bond acceptors (Lipinski definition) is 14. The smallest absolute Gasteiger partial charge is 0.307 e. The fraction of sp³-hybridized carbons (Fsp3) is 0.419. The molecule has 6 heterocycles. The summed E-state index contributed by atoms with van der Waals surface area (Å²) >= 11 is 3.59. The van der Waals surface area contributed by atoms with E-state index in [0.29, 0.717) is 48.6 Å². The highest BCUT2D eigenvalue weighted by Gasteiger charge is 2.21. The lowest BCUT2D eigenvalue weighted by Gasteiger charge is -2.36. The summed E-state index contributed by atoms with van der Waals surface area (Å²) in [6.07, 6.45) is 9.32. The third-order valence-corrected chi connectivity index (χ3v) is 17.1. The summed E-state index contributed by atoms with van der Waals surface area (Å²) in [5.74, 6) is 0.667. The number of hydrogen-bond donors (Lipinski definition) is 0. The molecule has 2 aliphatic heterocycles. The number of unbranched alkanes of at least 4 members (excludes halogenated alkanes) is 7. The first-order valence-corrected chi connectivity index (χ1v) is 29.8. The van der Waals surface area contributed by atoms with Crippen molar-refractivity contribution >= 4 is 88.0 Å². The molecule has 16 heteroatoms. The van der Waals surface area contributed by atoms with Crippen molar-refractivity contribution in [3.05, 3.63) is 141 Å². The Morgan fingerprint density at radius 2 is 0.872 bits per heavy atom. The molecule has 410 valence electrons. The average molecular weight is 1090 g/mol. The van der Waals surface area contributed by atoms with E-state index in [0.717, 1.165) is 128 Å². The number of rotatable bonds is 27. The van der Waals surface area contributed by atoms with Gasteiger partial charge in [-0.15, -0.1) is 22.7 Å². The predicted octanol–water partition coefficient (Wildman–Crippen LogP) is 11.5. The van der Waals surface area contributed by atoms with Gasteiger partial charge in [-0.05, 0) is 146 Å². The zero-order valence-electron chi connectivity index (χ0n) is 44.7. The number of thiophene rings is 2. The molecule has 10 rings (SSSR count). The summed E-state index contributed by atoms with van der Waals surface area (Å²) in [6.45, 7) is 11.2. The second-order valence-corrected chi connectivity index (χ2v) is 22.4. The number of nitrogens with zero attached hydrogens (tertiary/aromatic N) is 6. The van der Waals surface area contributed by atoms with Crippen LogP contribution in [-0.4, -0.2) is 110 Å². The molecule has 8 aromatic rings. The molecule has 2 saturated heterocycles. The number of anilines is 2. The quantitative estimate of drug-likeness (QED) is 0.0359. The first-order chi connectivity index (χ1) is 38.3. The number of ether oxygens (including phenoxy) is 4. The molecule has 0 atom stereocenters. The third-order valence-electron chi connectivity index (χ3n) is 15.3. The summed E-state index contributed by atoms with van der Waals surface area (Å²) < 4.78 is 29.1. The number of carbonyl (C=O) groups excluding carboxylic acids is 2. The van der Waals surface area contributed by atoms with Crippen LogP contribution in [0.5, 0.6) is 11.5 Å². The summed E-state index contributed by atoms with van der Waals surface area (Å²) in [5.41, 5.74) is 3.52. The minimum absolute atomic E-state index is 0.163. The Kier molecular flexibility index (Phi) is 19.1. The Balaban J connectivity index is 0.567. The van der Waals surface area contributed by atoms with Crippen molar-refractivity contribution in [3.63, 3.8) is 0 Å². The Bertz CT molecular complexity index is 3170. The number of carbonyl (C=O) groups is 2. The molecule has 0 radical (unpaired) electrons. The van der Waals surface area contributed by atoms with E-state index in [-0.39, 0.29) is 49.4 Å². The van der Waals surface area contributed by atoms with Crippen molar-refractivity contribution in [1.29, 1.82) is 0 Å². The van der Waals surface area contributed by atoms with E-state index in [2.05, 4.69) is 78.9 Å². The molecule has 2 fully saturated rings. The standard InChI is InChI=1S/C62H72N6O8S2/c69-59-25-21-47-19-23-49(73-39-9-7-29-63-31-35-65(36-32-63)53-13-11-15-57-51(53)27-41-77-57)43-55(47)67(59)45-75-61(71)17-5-3-1-2-4-6-18-62(72)76-46-68-56-44-50(24-20-48(56)22-26-60(68)70)74-40-10-8-30-64-33-37-66(38-34-64)54-14-12-16-58-52(54)28-42-78-58/h11-16,19-28,41-44H,1-10,17-18,29-40,45-46H2. The molecule has 0 unspecified atom stereocenters. The molecule has 2 aliphatic rings. The van der Waals surface area contributed by atoms with Crippen LogP contribution in [0.3, 0.4) is 0 Å². The second kappa shape index (κ2) is 27.2. The zero-order valence-corrected chi connectivity index (χ0v) is 46.3. The van der Waals surface area contributed by atoms with Crippen LogP contribution in [0, 0.1) is 0 Å². The summed E-state index contributed by atoms with van der Waals surface area (Å²) in [5, 5.41) is 8.77. The van der Waals surface area contributed by atoms with Crippen molar-refractivity contribution in [1.82, 2.24) is 18.9 Å².